The van der Waals surface area contributed by atoms with Crippen LogP contribution >= 0.6 is 0 Å². The van der Waals surface area contributed by atoms with Gasteiger partial charge in [-0.2, -0.15) is 0 Å². The Morgan fingerprint density at radius 2 is 1.28 bits per heavy atom. The number of hydrogen-bond acceptors (Lipinski definition) is 4. The normalized spacial score (nSPS) is 10.3. The number of aryl methyl sites for hydroxylation is 1. The van der Waals surface area contributed by atoms with E-state index in [1.807, 2.05) is 78.9 Å². The first kappa shape index (κ1) is 20.1. The molecule has 3 rings (SSSR count). The van der Waals surface area contributed by atoms with Gasteiger partial charge in [-0.15, -0.1) is 0 Å². The molecule has 0 spiro atoms. The van der Waals surface area contributed by atoms with Crippen LogP contribution in [0.15, 0.2) is 78.9 Å². The summed E-state index contributed by atoms with van der Waals surface area (Å²) in [6.45, 7) is 0. The van der Waals surface area contributed by atoms with Gasteiger partial charge in [-0.3, -0.25) is 4.79 Å². The lowest BCUT2D eigenvalue weighted by Gasteiger charge is -2.22. The molecule has 3 aromatic carbocycles. The number of carbonyl (C=O) groups excluding carboxylic acids is 2. The molecule has 0 saturated heterocycles. The summed E-state index contributed by atoms with van der Waals surface area (Å²) in [5, 5.41) is 0. The number of amides is 1. The smallest absolute Gasteiger partial charge is 0.418 e. The van der Waals surface area contributed by atoms with E-state index in [9.17, 15) is 9.59 Å². The molecule has 29 heavy (non-hydrogen) atoms. The zero-order chi connectivity index (χ0) is 20.6. The third kappa shape index (κ3) is 5.02. The van der Waals surface area contributed by atoms with Crippen LogP contribution in [0.2, 0.25) is 0 Å². The quantitative estimate of drug-likeness (QED) is 0.532. The Labute approximate surface area is 170 Å². The van der Waals surface area contributed by atoms with Gasteiger partial charge in [0.15, 0.2) is 0 Å². The average molecular weight is 389 g/mol. The topological polar surface area (TPSA) is 55.8 Å². The van der Waals surface area contributed by atoms with Gasteiger partial charge in [0.05, 0.1) is 25.6 Å². The molecular formula is C24H23NO4. The van der Waals surface area contributed by atoms with Crippen LogP contribution in [-0.2, 0) is 20.7 Å². The zero-order valence-corrected chi connectivity index (χ0v) is 16.5. The molecular weight excluding hydrogens is 366 g/mol. The third-order valence-electron chi connectivity index (χ3n) is 4.63. The molecule has 0 aliphatic rings. The number of anilines is 2. The summed E-state index contributed by atoms with van der Waals surface area (Å²) in [6.07, 6.45) is 0.425. The van der Waals surface area contributed by atoms with E-state index in [1.54, 1.807) is 0 Å². The van der Waals surface area contributed by atoms with Crippen LogP contribution in [0, 0.1) is 0 Å². The van der Waals surface area contributed by atoms with Crippen molar-refractivity contribution in [2.75, 3.05) is 19.1 Å². The molecule has 0 unspecified atom stereocenters. The minimum absolute atomic E-state index is 0.247. The van der Waals surface area contributed by atoms with Gasteiger partial charge in [0.1, 0.15) is 0 Å². The number of nitrogens with zero attached hydrogens (tertiary/aromatic N) is 1. The van der Waals surface area contributed by atoms with E-state index >= 15 is 0 Å². The van der Waals surface area contributed by atoms with Crippen molar-refractivity contribution in [3.8, 4) is 11.1 Å². The van der Waals surface area contributed by atoms with E-state index in [0.717, 1.165) is 16.7 Å². The van der Waals surface area contributed by atoms with Gasteiger partial charge in [-0.05, 0) is 47.4 Å². The fraction of sp³-hybridized carbons (Fsp3) is 0.167. The second kappa shape index (κ2) is 9.55. The van der Waals surface area contributed by atoms with Crippen molar-refractivity contribution in [1.82, 2.24) is 0 Å². The van der Waals surface area contributed by atoms with Crippen molar-refractivity contribution in [3.05, 3.63) is 84.4 Å². The highest BCUT2D eigenvalue weighted by atomic mass is 16.5. The maximum absolute atomic E-state index is 12.4. The van der Waals surface area contributed by atoms with Crippen LogP contribution < -0.4 is 4.90 Å². The summed E-state index contributed by atoms with van der Waals surface area (Å²) >= 11 is 0. The molecule has 0 radical (unpaired) electrons. The maximum Gasteiger partial charge on any atom is 0.418 e. The predicted octanol–water partition coefficient (Wildman–Crippen LogP) is 5.36. The fourth-order valence-corrected chi connectivity index (χ4v) is 3.04. The molecule has 0 heterocycles. The minimum Gasteiger partial charge on any atom is -0.469 e. The maximum atomic E-state index is 12.4. The zero-order valence-electron chi connectivity index (χ0n) is 16.5. The number of carbonyl (C=O) groups is 2. The molecule has 0 atom stereocenters. The lowest BCUT2D eigenvalue weighted by molar-refractivity contribution is -0.140. The highest BCUT2D eigenvalue weighted by Crippen LogP contribution is 2.29. The number of rotatable bonds is 6. The SMILES string of the molecule is COC(=O)CCc1ccc(N(C(=O)OC)c2ccc(-c3ccccc3)cc2)cc1. The molecule has 0 bridgehead atoms. The fourth-order valence-electron chi connectivity index (χ4n) is 3.04. The van der Waals surface area contributed by atoms with Crippen LogP contribution in [0.25, 0.3) is 11.1 Å². The summed E-state index contributed by atoms with van der Waals surface area (Å²) < 4.78 is 9.66. The van der Waals surface area contributed by atoms with E-state index in [0.29, 0.717) is 24.2 Å². The van der Waals surface area contributed by atoms with Gasteiger partial charge < -0.3 is 9.47 Å². The Morgan fingerprint density at radius 3 is 1.83 bits per heavy atom. The van der Waals surface area contributed by atoms with Crippen molar-refractivity contribution >= 4 is 23.4 Å². The lowest BCUT2D eigenvalue weighted by atomic mass is 10.1. The van der Waals surface area contributed by atoms with Crippen molar-refractivity contribution < 1.29 is 19.1 Å². The van der Waals surface area contributed by atoms with Crippen LogP contribution in [0.4, 0.5) is 16.2 Å². The molecule has 3 aromatic rings. The minimum atomic E-state index is -0.472. The molecule has 148 valence electrons. The Bertz CT molecular complexity index is 950. The molecule has 0 aromatic heterocycles. The first-order valence-electron chi connectivity index (χ1n) is 9.31. The summed E-state index contributed by atoms with van der Waals surface area (Å²) in [6, 6.07) is 25.3. The van der Waals surface area contributed by atoms with Crippen LogP contribution in [-0.4, -0.2) is 26.3 Å². The number of methoxy groups -OCH3 is 2. The third-order valence-corrected chi connectivity index (χ3v) is 4.63. The standard InChI is InChI=1S/C24H23NO4/c1-28-23(26)17-10-18-8-13-21(14-9-18)25(24(27)29-2)22-15-11-20(12-16-22)19-6-4-3-5-7-19/h3-9,11-16H,10,17H2,1-2H3. The number of benzene rings is 3. The molecule has 1 amide bonds. The Kier molecular flexibility index (Phi) is 6.63. The van der Waals surface area contributed by atoms with E-state index in [1.165, 1.54) is 19.1 Å². The van der Waals surface area contributed by atoms with Crippen LogP contribution in [0.3, 0.4) is 0 Å². The molecule has 0 fully saturated rings. The largest absolute Gasteiger partial charge is 0.469 e. The van der Waals surface area contributed by atoms with Gasteiger partial charge in [-0.25, -0.2) is 9.69 Å². The monoisotopic (exact) mass is 389 g/mol. The molecule has 0 aliphatic heterocycles. The van der Waals surface area contributed by atoms with Crippen molar-refractivity contribution in [1.29, 1.82) is 0 Å². The molecule has 5 nitrogen and oxygen atoms in total. The molecule has 0 N–H and O–H groups in total. The van der Waals surface area contributed by atoms with Gasteiger partial charge >= 0.3 is 12.1 Å². The van der Waals surface area contributed by atoms with E-state index < -0.39 is 6.09 Å². The average Bonchev–Trinajstić information content (AvgIpc) is 2.79. The number of hydrogen-bond donors (Lipinski definition) is 0. The summed E-state index contributed by atoms with van der Waals surface area (Å²) in [5.41, 5.74) is 4.56. The molecule has 0 aliphatic carbocycles. The summed E-state index contributed by atoms with van der Waals surface area (Å²) in [7, 11) is 2.74. The van der Waals surface area contributed by atoms with Crippen LogP contribution in [0.5, 0.6) is 0 Å². The summed E-state index contributed by atoms with van der Waals surface area (Å²) in [4.78, 5) is 25.3. The van der Waals surface area contributed by atoms with Crippen molar-refractivity contribution in [3.63, 3.8) is 0 Å². The van der Waals surface area contributed by atoms with Gasteiger partial charge in [0.2, 0.25) is 0 Å². The van der Waals surface area contributed by atoms with E-state index in [-0.39, 0.29) is 5.97 Å². The van der Waals surface area contributed by atoms with Crippen LogP contribution in [0.1, 0.15) is 12.0 Å². The van der Waals surface area contributed by atoms with E-state index in [2.05, 4.69) is 4.74 Å². The van der Waals surface area contributed by atoms with Crippen molar-refractivity contribution in [2.24, 2.45) is 0 Å². The number of ether oxygens (including phenoxy) is 2. The second-order valence-corrected chi connectivity index (χ2v) is 6.46. The van der Waals surface area contributed by atoms with Gasteiger partial charge in [0, 0.05) is 6.42 Å². The highest BCUT2D eigenvalue weighted by Gasteiger charge is 2.18. The Balaban J connectivity index is 1.83. The van der Waals surface area contributed by atoms with Gasteiger partial charge in [0.25, 0.3) is 0 Å². The lowest BCUT2D eigenvalue weighted by Crippen LogP contribution is -2.25. The Hall–Kier alpha value is -3.60. The molecule has 5 heteroatoms. The Morgan fingerprint density at radius 1 is 0.724 bits per heavy atom. The number of esters is 1. The predicted molar refractivity (Wildman–Crippen MR) is 113 cm³/mol. The first-order valence-corrected chi connectivity index (χ1v) is 9.31. The van der Waals surface area contributed by atoms with Gasteiger partial charge in [-0.1, -0.05) is 54.6 Å². The summed E-state index contributed by atoms with van der Waals surface area (Å²) in [5.74, 6) is -0.247. The second-order valence-electron chi connectivity index (χ2n) is 6.46. The first-order chi connectivity index (χ1) is 14.1. The molecule has 0 saturated carbocycles. The van der Waals surface area contributed by atoms with E-state index in [4.69, 9.17) is 4.74 Å². The highest BCUT2D eigenvalue weighted by molar-refractivity contribution is 5.96. The van der Waals surface area contributed by atoms with Crippen molar-refractivity contribution in [2.45, 2.75) is 12.8 Å².